The first-order valence-electron chi connectivity index (χ1n) is 7.77. The molecule has 2 aromatic carbocycles. The maximum Gasteiger partial charge on any atom is 0.230 e. The molecule has 1 fully saturated rings. The second kappa shape index (κ2) is 6.74. The third kappa shape index (κ3) is 2.85. The number of nitrogens with zero attached hydrogens (tertiary/aromatic N) is 1. The first-order chi connectivity index (χ1) is 11.7. The van der Waals surface area contributed by atoms with E-state index < -0.39 is 6.04 Å². The summed E-state index contributed by atoms with van der Waals surface area (Å²) in [6.45, 7) is 0. The van der Waals surface area contributed by atoms with E-state index in [1.54, 1.807) is 20.3 Å². The molecule has 0 aromatic heterocycles. The van der Waals surface area contributed by atoms with Gasteiger partial charge >= 0.3 is 0 Å². The van der Waals surface area contributed by atoms with E-state index in [0.29, 0.717) is 11.5 Å². The van der Waals surface area contributed by atoms with Crippen molar-refractivity contribution in [3.05, 3.63) is 59.7 Å². The molecule has 1 aliphatic rings. The van der Waals surface area contributed by atoms with Gasteiger partial charge < -0.3 is 9.47 Å². The summed E-state index contributed by atoms with van der Waals surface area (Å²) >= 11 is 0. The molecule has 0 aliphatic carbocycles. The molecule has 3 rings (SSSR count). The van der Waals surface area contributed by atoms with Gasteiger partial charge in [-0.1, -0.05) is 36.4 Å². The van der Waals surface area contributed by atoms with Gasteiger partial charge in [0.25, 0.3) is 0 Å². The minimum atomic E-state index is -0.464. The summed E-state index contributed by atoms with van der Waals surface area (Å²) in [6, 6.07) is 14.5. The minimum Gasteiger partial charge on any atom is -0.493 e. The zero-order valence-electron chi connectivity index (χ0n) is 13.7. The van der Waals surface area contributed by atoms with Gasteiger partial charge in [-0.25, -0.2) is 0 Å². The Morgan fingerprint density at radius 2 is 1.46 bits per heavy atom. The molecule has 1 heterocycles. The Bertz CT molecular complexity index is 741. The number of benzene rings is 2. The molecule has 5 heteroatoms. The number of methoxy groups -OCH3 is 2. The number of carbonyl (C=O) groups is 2. The molecular formula is C19H19NO4. The summed E-state index contributed by atoms with van der Waals surface area (Å²) in [6.07, 6.45) is 0.519. The van der Waals surface area contributed by atoms with E-state index in [1.165, 1.54) is 4.90 Å². The van der Waals surface area contributed by atoms with E-state index in [0.717, 1.165) is 11.1 Å². The molecular weight excluding hydrogens is 306 g/mol. The normalized spacial score (nSPS) is 15.5. The lowest BCUT2D eigenvalue weighted by Crippen LogP contribution is -2.34. The third-order valence-electron chi connectivity index (χ3n) is 4.19. The van der Waals surface area contributed by atoms with Gasteiger partial charge in [-0.3, -0.25) is 14.5 Å². The number of hydrogen-bond donors (Lipinski definition) is 0. The quantitative estimate of drug-likeness (QED) is 0.793. The Labute approximate surface area is 140 Å². The van der Waals surface area contributed by atoms with Gasteiger partial charge in [0.05, 0.1) is 20.3 Å². The molecule has 5 nitrogen and oxygen atoms in total. The molecule has 1 aliphatic heterocycles. The topological polar surface area (TPSA) is 55.8 Å². The first-order valence-corrected chi connectivity index (χ1v) is 7.77. The smallest absolute Gasteiger partial charge is 0.230 e. The number of rotatable bonds is 5. The average molecular weight is 325 g/mol. The van der Waals surface area contributed by atoms with Crippen LogP contribution in [0.15, 0.2) is 48.5 Å². The minimum absolute atomic E-state index is 0.149. The summed E-state index contributed by atoms with van der Waals surface area (Å²) in [4.78, 5) is 26.0. The van der Waals surface area contributed by atoms with Crippen LogP contribution in [0.25, 0.3) is 0 Å². The van der Waals surface area contributed by atoms with Crippen LogP contribution in [0.4, 0.5) is 0 Å². The molecule has 124 valence electrons. The van der Waals surface area contributed by atoms with Gasteiger partial charge in [0, 0.05) is 12.8 Å². The predicted octanol–water partition coefficient (Wildman–Crippen LogP) is 2.94. The Morgan fingerprint density at radius 3 is 2.04 bits per heavy atom. The van der Waals surface area contributed by atoms with E-state index in [2.05, 4.69) is 0 Å². The highest BCUT2D eigenvalue weighted by Crippen LogP contribution is 2.37. The second-order valence-electron chi connectivity index (χ2n) is 5.59. The van der Waals surface area contributed by atoms with Gasteiger partial charge in [0.15, 0.2) is 11.5 Å². The van der Waals surface area contributed by atoms with Gasteiger partial charge in [-0.05, 0) is 23.3 Å². The first kappa shape index (κ1) is 16.1. The van der Waals surface area contributed by atoms with Crippen molar-refractivity contribution >= 4 is 11.8 Å². The van der Waals surface area contributed by atoms with Crippen LogP contribution in [0.3, 0.4) is 0 Å². The molecule has 0 radical (unpaired) electrons. The van der Waals surface area contributed by atoms with Crippen LogP contribution in [0.5, 0.6) is 11.5 Å². The van der Waals surface area contributed by atoms with Crippen molar-refractivity contribution in [3.8, 4) is 11.5 Å². The van der Waals surface area contributed by atoms with Crippen LogP contribution in [-0.4, -0.2) is 30.9 Å². The van der Waals surface area contributed by atoms with Crippen LogP contribution in [0.1, 0.15) is 30.0 Å². The van der Waals surface area contributed by atoms with Crippen molar-refractivity contribution in [3.63, 3.8) is 0 Å². The van der Waals surface area contributed by atoms with Crippen molar-refractivity contribution < 1.29 is 19.1 Å². The van der Waals surface area contributed by atoms with Crippen molar-refractivity contribution in [2.45, 2.75) is 18.9 Å². The number of likely N-dealkylation sites (tertiary alicyclic amines) is 1. The SMILES string of the molecule is COc1ccc(C(c2ccccc2)N2C(=O)CCC2=O)cc1OC. The number of amides is 2. The fourth-order valence-corrected chi connectivity index (χ4v) is 3.03. The fourth-order valence-electron chi connectivity index (χ4n) is 3.03. The van der Waals surface area contributed by atoms with Gasteiger partial charge in [0.1, 0.15) is 0 Å². The lowest BCUT2D eigenvalue weighted by molar-refractivity contribution is -0.140. The standard InChI is InChI=1S/C19H19NO4/c1-23-15-9-8-14(12-16(15)24-2)19(13-6-4-3-5-7-13)20-17(21)10-11-18(20)22/h3-9,12,19H,10-11H2,1-2H3. The van der Waals surface area contributed by atoms with Crippen molar-refractivity contribution in [1.82, 2.24) is 4.90 Å². The molecule has 2 aromatic rings. The maximum absolute atomic E-state index is 12.3. The Kier molecular flexibility index (Phi) is 4.51. The molecule has 2 amide bonds. The van der Waals surface area contributed by atoms with Crippen LogP contribution < -0.4 is 9.47 Å². The van der Waals surface area contributed by atoms with Crippen LogP contribution in [-0.2, 0) is 9.59 Å². The van der Waals surface area contributed by atoms with Crippen molar-refractivity contribution in [2.24, 2.45) is 0 Å². The summed E-state index contributed by atoms with van der Waals surface area (Å²) < 4.78 is 10.6. The highest BCUT2D eigenvalue weighted by molar-refractivity contribution is 6.02. The Morgan fingerprint density at radius 1 is 0.833 bits per heavy atom. The molecule has 1 unspecified atom stereocenters. The van der Waals surface area contributed by atoms with Gasteiger partial charge in [0.2, 0.25) is 11.8 Å². The van der Waals surface area contributed by atoms with Crippen LogP contribution >= 0.6 is 0 Å². The lowest BCUT2D eigenvalue weighted by Gasteiger charge is -2.27. The number of carbonyl (C=O) groups excluding carboxylic acids is 2. The van der Waals surface area contributed by atoms with E-state index in [9.17, 15) is 9.59 Å². The van der Waals surface area contributed by atoms with E-state index in [-0.39, 0.29) is 24.7 Å². The summed E-state index contributed by atoms with van der Waals surface area (Å²) in [7, 11) is 3.13. The van der Waals surface area contributed by atoms with E-state index >= 15 is 0 Å². The second-order valence-corrected chi connectivity index (χ2v) is 5.59. The van der Waals surface area contributed by atoms with E-state index in [4.69, 9.17) is 9.47 Å². The van der Waals surface area contributed by atoms with Crippen molar-refractivity contribution in [1.29, 1.82) is 0 Å². The predicted molar refractivity (Wildman–Crippen MR) is 88.9 cm³/mol. The lowest BCUT2D eigenvalue weighted by atomic mass is 9.96. The largest absolute Gasteiger partial charge is 0.493 e. The van der Waals surface area contributed by atoms with Crippen LogP contribution in [0, 0.1) is 0 Å². The molecule has 24 heavy (non-hydrogen) atoms. The zero-order valence-corrected chi connectivity index (χ0v) is 13.7. The Hall–Kier alpha value is -2.82. The molecule has 0 saturated carbocycles. The average Bonchev–Trinajstić information content (AvgIpc) is 2.95. The zero-order chi connectivity index (χ0) is 17.1. The number of hydrogen-bond acceptors (Lipinski definition) is 4. The fraction of sp³-hybridized carbons (Fsp3) is 0.263. The number of ether oxygens (including phenoxy) is 2. The summed E-state index contributed by atoms with van der Waals surface area (Å²) in [5, 5.41) is 0. The molecule has 1 atom stereocenters. The number of imide groups is 1. The molecule has 0 N–H and O–H groups in total. The summed E-state index contributed by atoms with van der Waals surface area (Å²) in [5.74, 6) is 0.870. The summed E-state index contributed by atoms with van der Waals surface area (Å²) in [5.41, 5.74) is 1.69. The monoisotopic (exact) mass is 325 g/mol. The van der Waals surface area contributed by atoms with Crippen LogP contribution in [0.2, 0.25) is 0 Å². The highest BCUT2D eigenvalue weighted by Gasteiger charge is 2.36. The molecule has 0 spiro atoms. The van der Waals surface area contributed by atoms with Crippen molar-refractivity contribution in [2.75, 3.05) is 14.2 Å². The molecule has 1 saturated heterocycles. The van der Waals surface area contributed by atoms with Gasteiger partial charge in [-0.15, -0.1) is 0 Å². The highest BCUT2D eigenvalue weighted by atomic mass is 16.5. The van der Waals surface area contributed by atoms with Gasteiger partial charge in [-0.2, -0.15) is 0 Å². The Balaban J connectivity index is 2.12. The maximum atomic E-state index is 12.3. The third-order valence-corrected chi connectivity index (χ3v) is 4.19. The van der Waals surface area contributed by atoms with E-state index in [1.807, 2.05) is 42.5 Å². The molecule has 0 bridgehead atoms.